The van der Waals surface area contributed by atoms with Crippen molar-refractivity contribution < 1.29 is 9.53 Å². The maximum Gasteiger partial charge on any atom is 0.251 e. The number of aromatic nitrogens is 3. The van der Waals surface area contributed by atoms with Crippen molar-refractivity contribution in [1.29, 1.82) is 0 Å². The second kappa shape index (κ2) is 7.52. The van der Waals surface area contributed by atoms with E-state index in [-0.39, 0.29) is 12.5 Å². The minimum absolute atomic E-state index is 0.250. The molecule has 2 heterocycles. The lowest BCUT2D eigenvalue weighted by Crippen LogP contribution is -2.23. The molecule has 1 amide bonds. The van der Waals surface area contributed by atoms with Crippen molar-refractivity contribution in [3.05, 3.63) is 77.5 Å². The molecule has 2 aromatic heterocycles. The maximum atomic E-state index is 12.2. The number of pyridine rings is 1. The number of hydrogen-bond donors (Lipinski definition) is 1. The minimum Gasteiger partial charge on any atom is -0.439 e. The van der Waals surface area contributed by atoms with Gasteiger partial charge in [0.1, 0.15) is 10.9 Å². The summed E-state index contributed by atoms with van der Waals surface area (Å²) in [6, 6.07) is 12.4. The number of ether oxygens (including phenoxy) is 1. The summed E-state index contributed by atoms with van der Waals surface area (Å²) in [7, 11) is 0. The van der Waals surface area contributed by atoms with Gasteiger partial charge in [-0.3, -0.25) is 9.78 Å². The molecular weight excluding hydrogens is 328 g/mol. The lowest BCUT2D eigenvalue weighted by molar-refractivity contribution is 0.0950. The van der Waals surface area contributed by atoms with Gasteiger partial charge < -0.3 is 10.1 Å². The van der Waals surface area contributed by atoms with Crippen molar-refractivity contribution >= 4 is 17.5 Å². The first-order valence-corrected chi connectivity index (χ1v) is 7.52. The van der Waals surface area contributed by atoms with E-state index in [9.17, 15) is 4.79 Å². The molecule has 0 aliphatic heterocycles. The highest BCUT2D eigenvalue weighted by Gasteiger charge is 2.08. The van der Waals surface area contributed by atoms with E-state index in [0.29, 0.717) is 28.0 Å². The van der Waals surface area contributed by atoms with Gasteiger partial charge in [-0.2, -0.15) is 0 Å². The Hall–Kier alpha value is -2.99. The molecule has 24 heavy (non-hydrogen) atoms. The highest BCUT2D eigenvalue weighted by Crippen LogP contribution is 2.19. The number of nitrogens with one attached hydrogen (secondary N) is 1. The van der Waals surface area contributed by atoms with Crippen LogP contribution in [0.25, 0.3) is 0 Å². The van der Waals surface area contributed by atoms with Gasteiger partial charge in [-0.1, -0.05) is 29.8 Å². The summed E-state index contributed by atoms with van der Waals surface area (Å²) in [4.78, 5) is 24.3. The summed E-state index contributed by atoms with van der Waals surface area (Å²) in [5.74, 6) is 0.742. The monoisotopic (exact) mass is 340 g/mol. The van der Waals surface area contributed by atoms with E-state index in [1.165, 1.54) is 18.6 Å². The number of nitrogens with zero attached hydrogens (tertiary/aromatic N) is 3. The van der Waals surface area contributed by atoms with Crippen LogP contribution in [-0.4, -0.2) is 20.9 Å². The van der Waals surface area contributed by atoms with E-state index < -0.39 is 0 Å². The van der Waals surface area contributed by atoms with Gasteiger partial charge in [-0.05, 0) is 18.2 Å². The third-order valence-electron chi connectivity index (χ3n) is 3.07. The standard InChI is InChI=1S/C17H13ClN4O2/c18-15-11-20-13(9-21-15)10-22-17(23)12-6-7-19-16(8-12)24-14-4-2-1-3-5-14/h1-9,11H,10H2,(H,22,23). The first-order valence-electron chi connectivity index (χ1n) is 7.14. The van der Waals surface area contributed by atoms with Crippen LogP contribution < -0.4 is 10.1 Å². The molecule has 0 spiro atoms. The normalized spacial score (nSPS) is 10.2. The fraction of sp³-hybridized carbons (Fsp3) is 0.0588. The Morgan fingerprint density at radius 3 is 2.67 bits per heavy atom. The Kier molecular flexibility index (Phi) is 4.98. The predicted octanol–water partition coefficient (Wildman–Crippen LogP) is 3.25. The van der Waals surface area contributed by atoms with Crippen LogP contribution in [0.3, 0.4) is 0 Å². The topological polar surface area (TPSA) is 77.0 Å². The van der Waals surface area contributed by atoms with Crippen molar-refractivity contribution in [3.63, 3.8) is 0 Å². The molecule has 7 heteroatoms. The second-order valence-electron chi connectivity index (χ2n) is 4.81. The molecule has 0 unspecified atom stereocenters. The second-order valence-corrected chi connectivity index (χ2v) is 5.20. The Morgan fingerprint density at radius 2 is 1.92 bits per heavy atom. The number of carbonyl (C=O) groups is 1. The zero-order valence-electron chi connectivity index (χ0n) is 12.5. The highest BCUT2D eigenvalue weighted by atomic mass is 35.5. The molecule has 1 N–H and O–H groups in total. The average molecular weight is 341 g/mol. The van der Waals surface area contributed by atoms with E-state index in [0.717, 1.165) is 0 Å². The molecule has 3 aromatic rings. The van der Waals surface area contributed by atoms with Gasteiger partial charge in [0.2, 0.25) is 5.88 Å². The lowest BCUT2D eigenvalue weighted by atomic mass is 10.2. The van der Waals surface area contributed by atoms with Crippen LogP contribution in [0.15, 0.2) is 61.1 Å². The van der Waals surface area contributed by atoms with E-state index in [1.807, 2.05) is 30.3 Å². The van der Waals surface area contributed by atoms with E-state index in [1.54, 1.807) is 12.1 Å². The molecule has 0 aliphatic rings. The fourth-order valence-corrected chi connectivity index (χ4v) is 2.02. The van der Waals surface area contributed by atoms with Crippen LogP contribution in [-0.2, 0) is 6.54 Å². The Balaban J connectivity index is 1.64. The quantitative estimate of drug-likeness (QED) is 0.771. The first kappa shape index (κ1) is 15.9. The Bertz CT molecular complexity index is 826. The molecule has 0 saturated carbocycles. The molecule has 3 rings (SSSR count). The number of halogens is 1. The summed E-state index contributed by atoms with van der Waals surface area (Å²) in [5, 5.41) is 3.07. The highest BCUT2D eigenvalue weighted by molar-refractivity contribution is 6.29. The molecule has 120 valence electrons. The van der Waals surface area contributed by atoms with Gasteiger partial charge in [-0.25, -0.2) is 9.97 Å². The summed E-state index contributed by atoms with van der Waals surface area (Å²) >= 11 is 5.67. The Labute approximate surface area is 143 Å². The smallest absolute Gasteiger partial charge is 0.251 e. The molecule has 0 aliphatic carbocycles. The van der Waals surface area contributed by atoms with Crippen LogP contribution in [0.4, 0.5) is 0 Å². The van der Waals surface area contributed by atoms with Crippen molar-refractivity contribution in [1.82, 2.24) is 20.3 Å². The SMILES string of the molecule is O=C(NCc1cnc(Cl)cn1)c1ccnc(Oc2ccccc2)c1. The van der Waals surface area contributed by atoms with Gasteiger partial charge in [0, 0.05) is 17.8 Å². The van der Waals surface area contributed by atoms with Crippen LogP contribution >= 0.6 is 11.6 Å². The van der Waals surface area contributed by atoms with E-state index >= 15 is 0 Å². The molecule has 0 saturated heterocycles. The number of rotatable bonds is 5. The van der Waals surface area contributed by atoms with Crippen LogP contribution in [0.2, 0.25) is 5.15 Å². The zero-order chi connectivity index (χ0) is 16.8. The molecule has 0 fully saturated rings. The van der Waals surface area contributed by atoms with Crippen LogP contribution in [0, 0.1) is 0 Å². The largest absolute Gasteiger partial charge is 0.439 e. The third-order valence-corrected chi connectivity index (χ3v) is 3.26. The Morgan fingerprint density at radius 1 is 1.08 bits per heavy atom. The van der Waals surface area contributed by atoms with Crippen molar-refractivity contribution in [2.45, 2.75) is 6.54 Å². The van der Waals surface area contributed by atoms with E-state index in [2.05, 4.69) is 20.3 Å². The first-order chi connectivity index (χ1) is 11.7. The summed E-state index contributed by atoms with van der Waals surface area (Å²) in [5.41, 5.74) is 1.06. The molecule has 6 nitrogen and oxygen atoms in total. The molecule has 0 atom stereocenters. The minimum atomic E-state index is -0.257. The number of hydrogen-bond acceptors (Lipinski definition) is 5. The average Bonchev–Trinajstić information content (AvgIpc) is 2.62. The molecule has 1 aromatic carbocycles. The van der Waals surface area contributed by atoms with Gasteiger partial charge in [0.25, 0.3) is 5.91 Å². The van der Waals surface area contributed by atoms with Gasteiger partial charge >= 0.3 is 0 Å². The van der Waals surface area contributed by atoms with Gasteiger partial charge in [0.15, 0.2) is 0 Å². The lowest BCUT2D eigenvalue weighted by Gasteiger charge is -2.07. The molecule has 0 radical (unpaired) electrons. The number of benzene rings is 1. The van der Waals surface area contributed by atoms with Crippen LogP contribution in [0.5, 0.6) is 11.6 Å². The third kappa shape index (κ3) is 4.27. The summed E-state index contributed by atoms with van der Waals surface area (Å²) < 4.78 is 5.62. The fourth-order valence-electron chi connectivity index (χ4n) is 1.92. The van der Waals surface area contributed by atoms with Crippen molar-refractivity contribution in [2.75, 3.05) is 0 Å². The molecule has 0 bridgehead atoms. The van der Waals surface area contributed by atoms with Crippen LogP contribution in [0.1, 0.15) is 16.1 Å². The number of carbonyl (C=O) groups excluding carboxylic acids is 1. The van der Waals surface area contributed by atoms with E-state index in [4.69, 9.17) is 16.3 Å². The number of para-hydroxylation sites is 1. The van der Waals surface area contributed by atoms with Crippen molar-refractivity contribution in [3.8, 4) is 11.6 Å². The maximum absolute atomic E-state index is 12.2. The zero-order valence-corrected chi connectivity index (χ0v) is 13.3. The van der Waals surface area contributed by atoms with Gasteiger partial charge in [-0.15, -0.1) is 0 Å². The van der Waals surface area contributed by atoms with Gasteiger partial charge in [0.05, 0.1) is 24.6 Å². The summed E-state index contributed by atoms with van der Waals surface area (Å²) in [6.07, 6.45) is 4.47. The molecular formula is C17H13ClN4O2. The summed E-state index contributed by atoms with van der Waals surface area (Å²) in [6.45, 7) is 0.250. The predicted molar refractivity (Wildman–Crippen MR) is 89.0 cm³/mol. The number of amides is 1. The van der Waals surface area contributed by atoms with Crippen molar-refractivity contribution in [2.24, 2.45) is 0 Å².